The van der Waals surface area contributed by atoms with Gasteiger partial charge in [-0.2, -0.15) is 0 Å². The SMILES string of the molecule is CCCNC1CCCN(c2cc(Cl)c(OC)cc2OC)C1. The van der Waals surface area contributed by atoms with Crippen LogP contribution in [-0.4, -0.2) is 39.9 Å². The van der Waals surface area contributed by atoms with E-state index in [1.807, 2.05) is 12.1 Å². The van der Waals surface area contributed by atoms with Crippen LogP contribution in [0.2, 0.25) is 5.02 Å². The van der Waals surface area contributed by atoms with Gasteiger partial charge < -0.3 is 19.7 Å². The summed E-state index contributed by atoms with van der Waals surface area (Å²) in [5.74, 6) is 1.46. The highest BCUT2D eigenvalue weighted by Crippen LogP contribution is 2.38. The second-order valence-corrected chi connectivity index (χ2v) is 5.81. The minimum atomic E-state index is 0.532. The first kappa shape index (κ1) is 16.2. The van der Waals surface area contributed by atoms with Gasteiger partial charge in [0.2, 0.25) is 0 Å². The first-order valence-corrected chi connectivity index (χ1v) is 7.97. The van der Waals surface area contributed by atoms with Gasteiger partial charge in [-0.1, -0.05) is 18.5 Å². The number of ether oxygens (including phenoxy) is 2. The Labute approximate surface area is 132 Å². The van der Waals surface area contributed by atoms with Crippen molar-refractivity contribution in [1.82, 2.24) is 5.32 Å². The normalized spacial score (nSPS) is 18.7. The molecule has 1 saturated heterocycles. The van der Waals surface area contributed by atoms with Crippen molar-refractivity contribution in [3.05, 3.63) is 17.2 Å². The lowest BCUT2D eigenvalue weighted by Crippen LogP contribution is -2.46. The molecule has 21 heavy (non-hydrogen) atoms. The lowest BCUT2D eigenvalue weighted by atomic mass is 10.0. The van der Waals surface area contributed by atoms with Crippen LogP contribution in [0.1, 0.15) is 26.2 Å². The number of methoxy groups -OCH3 is 2. The van der Waals surface area contributed by atoms with Gasteiger partial charge in [0.15, 0.2) is 0 Å². The third kappa shape index (κ3) is 3.95. The quantitative estimate of drug-likeness (QED) is 0.873. The van der Waals surface area contributed by atoms with Crippen molar-refractivity contribution in [3.63, 3.8) is 0 Å². The van der Waals surface area contributed by atoms with E-state index in [9.17, 15) is 0 Å². The Morgan fingerprint density at radius 1 is 1.29 bits per heavy atom. The average molecular weight is 313 g/mol. The average Bonchev–Trinajstić information content (AvgIpc) is 2.53. The predicted octanol–water partition coefficient (Wildman–Crippen LogP) is 3.33. The van der Waals surface area contributed by atoms with Gasteiger partial charge in [0.25, 0.3) is 0 Å². The van der Waals surface area contributed by atoms with E-state index < -0.39 is 0 Å². The summed E-state index contributed by atoms with van der Waals surface area (Å²) in [5.41, 5.74) is 1.05. The molecule has 0 aromatic heterocycles. The molecule has 1 fully saturated rings. The number of hydrogen-bond donors (Lipinski definition) is 1. The molecule has 118 valence electrons. The summed E-state index contributed by atoms with van der Waals surface area (Å²) in [6.07, 6.45) is 3.56. The van der Waals surface area contributed by atoms with E-state index in [-0.39, 0.29) is 0 Å². The maximum Gasteiger partial charge on any atom is 0.145 e. The minimum Gasteiger partial charge on any atom is -0.495 e. The highest BCUT2D eigenvalue weighted by atomic mass is 35.5. The molecule has 1 aliphatic rings. The molecule has 0 radical (unpaired) electrons. The molecule has 1 atom stereocenters. The van der Waals surface area contributed by atoms with Crippen LogP contribution in [0, 0.1) is 0 Å². The summed E-state index contributed by atoms with van der Waals surface area (Å²) in [4.78, 5) is 2.35. The van der Waals surface area contributed by atoms with Crippen molar-refractivity contribution in [2.75, 3.05) is 38.8 Å². The van der Waals surface area contributed by atoms with Gasteiger partial charge in [-0.15, -0.1) is 0 Å². The molecule has 2 rings (SSSR count). The lowest BCUT2D eigenvalue weighted by molar-refractivity contribution is 0.388. The Kier molecular flexibility index (Phi) is 6.00. The molecule has 0 bridgehead atoms. The van der Waals surface area contributed by atoms with E-state index in [0.717, 1.165) is 37.5 Å². The molecule has 1 unspecified atom stereocenters. The summed E-state index contributed by atoms with van der Waals surface area (Å²) in [7, 11) is 3.30. The molecule has 0 aliphatic carbocycles. The van der Waals surface area contributed by atoms with E-state index in [1.165, 1.54) is 12.8 Å². The highest BCUT2D eigenvalue weighted by molar-refractivity contribution is 6.32. The zero-order chi connectivity index (χ0) is 15.2. The van der Waals surface area contributed by atoms with Gasteiger partial charge in [-0.3, -0.25) is 0 Å². The number of piperidine rings is 1. The molecule has 1 aromatic carbocycles. The van der Waals surface area contributed by atoms with E-state index in [4.69, 9.17) is 21.1 Å². The monoisotopic (exact) mass is 312 g/mol. The maximum absolute atomic E-state index is 6.27. The molecule has 0 spiro atoms. The van der Waals surface area contributed by atoms with E-state index in [2.05, 4.69) is 17.1 Å². The summed E-state index contributed by atoms with van der Waals surface area (Å²) in [6.45, 7) is 5.28. The van der Waals surface area contributed by atoms with Crippen molar-refractivity contribution < 1.29 is 9.47 Å². The Bertz CT molecular complexity index is 468. The van der Waals surface area contributed by atoms with E-state index >= 15 is 0 Å². The zero-order valence-corrected chi connectivity index (χ0v) is 13.9. The lowest BCUT2D eigenvalue weighted by Gasteiger charge is -2.35. The maximum atomic E-state index is 6.27. The fourth-order valence-corrected chi connectivity index (χ4v) is 3.04. The molecule has 1 heterocycles. The van der Waals surface area contributed by atoms with Gasteiger partial charge in [-0.05, 0) is 31.9 Å². The van der Waals surface area contributed by atoms with Crippen molar-refractivity contribution in [1.29, 1.82) is 0 Å². The predicted molar refractivity (Wildman–Crippen MR) is 88.1 cm³/mol. The molecule has 0 saturated carbocycles. The van der Waals surface area contributed by atoms with Crippen LogP contribution in [0.3, 0.4) is 0 Å². The largest absolute Gasteiger partial charge is 0.495 e. The zero-order valence-electron chi connectivity index (χ0n) is 13.1. The topological polar surface area (TPSA) is 33.7 Å². The van der Waals surface area contributed by atoms with Gasteiger partial charge in [0.1, 0.15) is 11.5 Å². The summed E-state index contributed by atoms with van der Waals surface area (Å²) in [5, 5.41) is 4.23. The smallest absolute Gasteiger partial charge is 0.145 e. The van der Waals surface area contributed by atoms with Crippen LogP contribution in [-0.2, 0) is 0 Å². The van der Waals surface area contributed by atoms with Gasteiger partial charge in [-0.25, -0.2) is 0 Å². The second-order valence-electron chi connectivity index (χ2n) is 5.40. The second kappa shape index (κ2) is 7.76. The number of nitrogens with zero attached hydrogens (tertiary/aromatic N) is 1. The molecule has 5 heteroatoms. The molecule has 0 amide bonds. The fourth-order valence-electron chi connectivity index (χ4n) is 2.80. The van der Waals surface area contributed by atoms with Crippen molar-refractivity contribution in [3.8, 4) is 11.5 Å². The first-order chi connectivity index (χ1) is 10.2. The molecule has 1 aliphatic heterocycles. The van der Waals surface area contributed by atoms with Crippen LogP contribution in [0.4, 0.5) is 5.69 Å². The van der Waals surface area contributed by atoms with Crippen molar-refractivity contribution >= 4 is 17.3 Å². The number of rotatable bonds is 6. The van der Waals surface area contributed by atoms with Gasteiger partial charge >= 0.3 is 0 Å². The third-order valence-corrected chi connectivity index (χ3v) is 4.19. The van der Waals surface area contributed by atoms with E-state index in [1.54, 1.807) is 14.2 Å². The molecule has 1 N–H and O–H groups in total. The summed E-state index contributed by atoms with van der Waals surface area (Å²) in [6, 6.07) is 4.34. The fraction of sp³-hybridized carbons (Fsp3) is 0.625. The molecular formula is C16H25ClN2O2. The first-order valence-electron chi connectivity index (χ1n) is 7.59. The summed E-state index contributed by atoms with van der Waals surface area (Å²) >= 11 is 6.27. The number of halogens is 1. The van der Waals surface area contributed by atoms with Gasteiger partial charge in [0, 0.05) is 25.2 Å². The van der Waals surface area contributed by atoms with E-state index in [0.29, 0.717) is 16.8 Å². The molecule has 4 nitrogen and oxygen atoms in total. The number of nitrogens with one attached hydrogen (secondary N) is 1. The standard InChI is InChI=1S/C16H25ClN2O2/c1-4-7-18-12-6-5-8-19(11-12)14-9-13(17)15(20-2)10-16(14)21-3/h9-10,12,18H,4-8,11H2,1-3H3. The van der Waals surface area contributed by atoms with Gasteiger partial charge in [0.05, 0.1) is 24.9 Å². The van der Waals surface area contributed by atoms with Crippen LogP contribution < -0.4 is 19.7 Å². The van der Waals surface area contributed by atoms with Crippen LogP contribution in [0.25, 0.3) is 0 Å². The number of hydrogen-bond acceptors (Lipinski definition) is 4. The minimum absolute atomic E-state index is 0.532. The van der Waals surface area contributed by atoms with Crippen molar-refractivity contribution in [2.45, 2.75) is 32.2 Å². The Balaban J connectivity index is 2.18. The Morgan fingerprint density at radius 3 is 2.71 bits per heavy atom. The van der Waals surface area contributed by atoms with Crippen LogP contribution in [0.15, 0.2) is 12.1 Å². The Morgan fingerprint density at radius 2 is 2.05 bits per heavy atom. The highest BCUT2D eigenvalue weighted by Gasteiger charge is 2.23. The third-order valence-electron chi connectivity index (χ3n) is 3.90. The van der Waals surface area contributed by atoms with Crippen LogP contribution >= 0.6 is 11.6 Å². The summed E-state index contributed by atoms with van der Waals surface area (Å²) < 4.78 is 10.8. The number of anilines is 1. The molecular weight excluding hydrogens is 288 g/mol. The molecule has 1 aromatic rings. The van der Waals surface area contributed by atoms with Crippen molar-refractivity contribution in [2.24, 2.45) is 0 Å². The number of benzene rings is 1. The van der Waals surface area contributed by atoms with Crippen LogP contribution in [0.5, 0.6) is 11.5 Å². The Hall–Kier alpha value is -1.13.